The minimum Gasteiger partial charge on any atom is -0.370 e. The van der Waals surface area contributed by atoms with Gasteiger partial charge in [0.15, 0.2) is 0 Å². The van der Waals surface area contributed by atoms with Crippen molar-refractivity contribution >= 4 is 5.91 Å². The molecule has 25 heavy (non-hydrogen) atoms. The van der Waals surface area contributed by atoms with Crippen molar-refractivity contribution in [3.8, 4) is 5.82 Å². The molecule has 0 N–H and O–H groups in total. The summed E-state index contributed by atoms with van der Waals surface area (Å²) in [6.45, 7) is 1.67. The fourth-order valence-corrected chi connectivity index (χ4v) is 2.95. The number of imidazole rings is 1. The molecule has 1 unspecified atom stereocenters. The largest absolute Gasteiger partial charge is 0.370 e. The van der Waals surface area contributed by atoms with Gasteiger partial charge >= 0.3 is 0 Å². The molecular weight excluding hydrogens is 316 g/mol. The molecule has 0 aliphatic carbocycles. The quantitative estimate of drug-likeness (QED) is 0.738. The van der Waals surface area contributed by atoms with E-state index in [1.165, 1.54) is 0 Å². The summed E-state index contributed by atoms with van der Waals surface area (Å²) in [4.78, 5) is 23.0. The lowest BCUT2D eigenvalue weighted by Gasteiger charge is -2.33. The molecule has 1 aromatic carbocycles. The van der Waals surface area contributed by atoms with Crippen LogP contribution in [0.25, 0.3) is 5.82 Å². The third-order valence-electron chi connectivity index (χ3n) is 4.29. The smallest absolute Gasteiger partial charge is 0.255 e. The Morgan fingerprint density at radius 2 is 2.04 bits per heavy atom. The number of rotatable bonds is 3. The normalized spacial score (nSPS) is 17.4. The van der Waals surface area contributed by atoms with Crippen molar-refractivity contribution in [1.29, 1.82) is 0 Å². The molecule has 3 heterocycles. The van der Waals surface area contributed by atoms with E-state index in [4.69, 9.17) is 4.74 Å². The molecule has 1 saturated heterocycles. The molecule has 4 rings (SSSR count). The summed E-state index contributed by atoms with van der Waals surface area (Å²) in [5.74, 6) is 0.715. The van der Waals surface area contributed by atoms with Crippen LogP contribution in [0.2, 0.25) is 0 Å². The van der Waals surface area contributed by atoms with E-state index in [1.54, 1.807) is 29.4 Å². The fraction of sp³-hybridized carbons (Fsp3) is 0.211. The second-order valence-electron chi connectivity index (χ2n) is 5.90. The van der Waals surface area contributed by atoms with Crippen molar-refractivity contribution in [1.82, 2.24) is 19.4 Å². The lowest BCUT2D eigenvalue weighted by atomic mass is 10.1. The van der Waals surface area contributed by atoms with Crippen LogP contribution in [0.3, 0.4) is 0 Å². The number of hydrogen-bond acceptors (Lipinski definition) is 4. The first-order valence-electron chi connectivity index (χ1n) is 8.21. The van der Waals surface area contributed by atoms with Gasteiger partial charge in [0, 0.05) is 25.1 Å². The van der Waals surface area contributed by atoms with Crippen LogP contribution in [0.4, 0.5) is 0 Å². The van der Waals surface area contributed by atoms with E-state index in [0.717, 1.165) is 11.4 Å². The first-order valence-corrected chi connectivity index (χ1v) is 8.21. The summed E-state index contributed by atoms with van der Waals surface area (Å²) in [6.07, 6.45) is 6.71. The van der Waals surface area contributed by atoms with E-state index in [9.17, 15) is 4.79 Å². The second-order valence-corrected chi connectivity index (χ2v) is 5.90. The topological polar surface area (TPSA) is 60.2 Å². The molecule has 1 fully saturated rings. The maximum Gasteiger partial charge on any atom is 0.255 e. The number of carbonyl (C=O) groups is 1. The van der Waals surface area contributed by atoms with Gasteiger partial charge in [-0.05, 0) is 17.7 Å². The molecule has 1 aliphatic heterocycles. The molecule has 0 spiro atoms. The SMILES string of the molecule is O=C(c1ccc(-n2ccnc2)nc1)N1CCOC(c2ccccc2)C1. The first kappa shape index (κ1) is 15.5. The van der Waals surface area contributed by atoms with Crippen molar-refractivity contribution in [2.45, 2.75) is 6.10 Å². The molecular formula is C19H18N4O2. The zero-order chi connectivity index (χ0) is 17.1. The summed E-state index contributed by atoms with van der Waals surface area (Å²) in [6, 6.07) is 13.6. The average Bonchev–Trinajstić information content (AvgIpc) is 3.23. The highest BCUT2D eigenvalue weighted by Gasteiger charge is 2.26. The van der Waals surface area contributed by atoms with E-state index < -0.39 is 0 Å². The summed E-state index contributed by atoms with van der Waals surface area (Å²) < 4.78 is 7.63. The van der Waals surface area contributed by atoms with Crippen molar-refractivity contribution < 1.29 is 9.53 Å². The lowest BCUT2D eigenvalue weighted by Crippen LogP contribution is -2.42. The first-order chi connectivity index (χ1) is 12.3. The van der Waals surface area contributed by atoms with Crippen LogP contribution in [-0.2, 0) is 4.74 Å². The summed E-state index contributed by atoms with van der Waals surface area (Å²) in [5.41, 5.74) is 1.67. The van der Waals surface area contributed by atoms with Crippen LogP contribution < -0.4 is 0 Å². The van der Waals surface area contributed by atoms with Gasteiger partial charge in [0.2, 0.25) is 0 Å². The van der Waals surface area contributed by atoms with Gasteiger partial charge < -0.3 is 9.64 Å². The molecule has 1 atom stereocenters. The molecule has 6 heteroatoms. The zero-order valence-corrected chi connectivity index (χ0v) is 13.7. The monoisotopic (exact) mass is 334 g/mol. The van der Waals surface area contributed by atoms with Gasteiger partial charge in [-0.1, -0.05) is 30.3 Å². The fourth-order valence-electron chi connectivity index (χ4n) is 2.95. The van der Waals surface area contributed by atoms with Gasteiger partial charge in [0.25, 0.3) is 5.91 Å². The number of amides is 1. The standard InChI is InChI=1S/C19H18N4O2/c24-19(16-6-7-18(21-12-16)23-9-8-20-14-23)22-10-11-25-17(13-22)15-4-2-1-3-5-15/h1-9,12,14,17H,10-11,13H2. The maximum absolute atomic E-state index is 12.8. The Morgan fingerprint density at radius 1 is 1.16 bits per heavy atom. The highest BCUT2D eigenvalue weighted by molar-refractivity contribution is 5.94. The van der Waals surface area contributed by atoms with Gasteiger partial charge in [-0.2, -0.15) is 0 Å². The molecule has 0 saturated carbocycles. The van der Waals surface area contributed by atoms with Crippen molar-refractivity contribution in [2.24, 2.45) is 0 Å². The highest BCUT2D eigenvalue weighted by atomic mass is 16.5. The molecule has 3 aromatic rings. The predicted octanol–water partition coefficient (Wildman–Crippen LogP) is 2.48. The van der Waals surface area contributed by atoms with Gasteiger partial charge in [0.05, 0.1) is 18.7 Å². The Bertz CT molecular complexity index is 832. The van der Waals surface area contributed by atoms with Crippen LogP contribution in [0.15, 0.2) is 67.4 Å². The summed E-state index contributed by atoms with van der Waals surface area (Å²) in [7, 11) is 0. The van der Waals surface area contributed by atoms with Crippen LogP contribution in [-0.4, -0.2) is 45.0 Å². The minimum absolute atomic E-state index is 0.0195. The molecule has 126 valence electrons. The van der Waals surface area contributed by atoms with Gasteiger partial charge in [-0.25, -0.2) is 9.97 Å². The van der Waals surface area contributed by atoms with Crippen LogP contribution in [0.5, 0.6) is 0 Å². The summed E-state index contributed by atoms with van der Waals surface area (Å²) >= 11 is 0. The Hall–Kier alpha value is -2.99. The number of morpholine rings is 1. The van der Waals surface area contributed by atoms with Crippen molar-refractivity contribution in [2.75, 3.05) is 19.7 Å². The maximum atomic E-state index is 12.8. The molecule has 1 aliphatic rings. The van der Waals surface area contributed by atoms with Gasteiger partial charge in [0.1, 0.15) is 18.2 Å². The van der Waals surface area contributed by atoms with Crippen LogP contribution >= 0.6 is 0 Å². The highest BCUT2D eigenvalue weighted by Crippen LogP contribution is 2.23. The van der Waals surface area contributed by atoms with E-state index in [0.29, 0.717) is 25.3 Å². The number of benzene rings is 1. The Morgan fingerprint density at radius 3 is 2.76 bits per heavy atom. The number of hydrogen-bond donors (Lipinski definition) is 0. The van der Waals surface area contributed by atoms with Crippen LogP contribution in [0, 0.1) is 0 Å². The number of nitrogens with zero attached hydrogens (tertiary/aromatic N) is 4. The number of pyridine rings is 1. The molecule has 1 amide bonds. The third kappa shape index (κ3) is 3.29. The second kappa shape index (κ2) is 6.86. The van der Waals surface area contributed by atoms with Gasteiger partial charge in [-0.3, -0.25) is 9.36 Å². The number of carbonyl (C=O) groups excluding carboxylic acids is 1. The molecule has 0 bridgehead atoms. The average molecular weight is 334 g/mol. The Kier molecular flexibility index (Phi) is 4.26. The van der Waals surface area contributed by atoms with E-state index in [2.05, 4.69) is 9.97 Å². The van der Waals surface area contributed by atoms with E-state index in [1.807, 2.05) is 47.5 Å². The Balaban J connectivity index is 1.48. The summed E-state index contributed by atoms with van der Waals surface area (Å²) in [5, 5.41) is 0. The predicted molar refractivity (Wildman–Crippen MR) is 92.4 cm³/mol. The number of ether oxygens (including phenoxy) is 1. The molecule has 2 aromatic heterocycles. The van der Waals surface area contributed by atoms with E-state index in [-0.39, 0.29) is 12.0 Å². The number of aromatic nitrogens is 3. The molecule has 6 nitrogen and oxygen atoms in total. The van der Waals surface area contributed by atoms with Crippen molar-refractivity contribution in [3.63, 3.8) is 0 Å². The lowest BCUT2D eigenvalue weighted by molar-refractivity contribution is -0.0228. The van der Waals surface area contributed by atoms with Crippen LogP contribution in [0.1, 0.15) is 22.0 Å². The van der Waals surface area contributed by atoms with Gasteiger partial charge in [-0.15, -0.1) is 0 Å². The molecule has 0 radical (unpaired) electrons. The minimum atomic E-state index is -0.0860. The third-order valence-corrected chi connectivity index (χ3v) is 4.29. The van der Waals surface area contributed by atoms with Crippen molar-refractivity contribution in [3.05, 3.63) is 78.5 Å². The Labute approximate surface area is 145 Å². The van der Waals surface area contributed by atoms with E-state index >= 15 is 0 Å². The zero-order valence-electron chi connectivity index (χ0n) is 13.7.